The molecule has 0 spiro atoms. The maximum absolute atomic E-state index is 11.8. The summed E-state index contributed by atoms with van der Waals surface area (Å²) in [4.78, 5) is 11.8. The van der Waals surface area contributed by atoms with Crippen LogP contribution in [0.4, 0.5) is 0 Å². The van der Waals surface area contributed by atoms with Crippen LogP contribution in [0.25, 0.3) is 16.6 Å². The Bertz CT molecular complexity index is 1090. The molecule has 0 saturated heterocycles. The van der Waals surface area contributed by atoms with Gasteiger partial charge in [0.25, 0.3) is 0 Å². The SMILES string of the molecule is COc1ccc2c(CSc3nnc4ccccn34)cc(=O)oc2c1. The minimum absolute atomic E-state index is 0.377. The third-order valence-electron chi connectivity index (χ3n) is 3.68. The zero-order valence-electron chi connectivity index (χ0n) is 12.8. The molecular formula is C17H13N3O3S. The lowest BCUT2D eigenvalue weighted by Crippen LogP contribution is -2.00. The number of aromatic nitrogens is 3. The van der Waals surface area contributed by atoms with Crippen LogP contribution in [0.2, 0.25) is 0 Å². The molecule has 0 amide bonds. The van der Waals surface area contributed by atoms with Gasteiger partial charge in [0.1, 0.15) is 11.3 Å². The van der Waals surface area contributed by atoms with Gasteiger partial charge in [0, 0.05) is 29.5 Å². The zero-order valence-corrected chi connectivity index (χ0v) is 13.6. The van der Waals surface area contributed by atoms with Gasteiger partial charge in [-0.2, -0.15) is 0 Å². The summed E-state index contributed by atoms with van der Waals surface area (Å²) in [6.45, 7) is 0. The van der Waals surface area contributed by atoms with Gasteiger partial charge in [-0.1, -0.05) is 17.8 Å². The van der Waals surface area contributed by atoms with E-state index in [2.05, 4.69) is 10.2 Å². The van der Waals surface area contributed by atoms with Crippen molar-refractivity contribution in [2.45, 2.75) is 10.9 Å². The van der Waals surface area contributed by atoms with Gasteiger partial charge in [0.2, 0.25) is 0 Å². The van der Waals surface area contributed by atoms with Crippen molar-refractivity contribution in [3.8, 4) is 5.75 Å². The molecule has 0 N–H and O–H groups in total. The normalized spacial score (nSPS) is 11.2. The number of pyridine rings is 1. The number of hydrogen-bond donors (Lipinski definition) is 0. The lowest BCUT2D eigenvalue weighted by atomic mass is 10.1. The molecule has 3 heterocycles. The molecule has 0 fully saturated rings. The van der Waals surface area contributed by atoms with Crippen molar-refractivity contribution in [2.75, 3.05) is 7.11 Å². The number of hydrogen-bond acceptors (Lipinski definition) is 6. The Morgan fingerprint density at radius 2 is 2.12 bits per heavy atom. The Morgan fingerprint density at radius 1 is 1.21 bits per heavy atom. The summed E-state index contributed by atoms with van der Waals surface area (Å²) in [7, 11) is 1.58. The molecular weight excluding hydrogens is 326 g/mol. The molecule has 120 valence electrons. The molecule has 0 aliphatic rings. The van der Waals surface area contributed by atoms with Gasteiger partial charge in [0.15, 0.2) is 10.8 Å². The predicted molar refractivity (Wildman–Crippen MR) is 91.6 cm³/mol. The minimum atomic E-state index is -0.377. The van der Waals surface area contributed by atoms with Crippen molar-refractivity contribution in [3.05, 3.63) is 64.6 Å². The van der Waals surface area contributed by atoms with Gasteiger partial charge in [-0.05, 0) is 29.8 Å². The third kappa shape index (κ3) is 2.63. The van der Waals surface area contributed by atoms with E-state index in [1.54, 1.807) is 13.2 Å². The molecule has 3 aromatic heterocycles. The van der Waals surface area contributed by atoms with Crippen molar-refractivity contribution >= 4 is 28.4 Å². The molecule has 24 heavy (non-hydrogen) atoms. The first kappa shape index (κ1) is 14.8. The molecule has 6 nitrogen and oxygen atoms in total. The summed E-state index contributed by atoms with van der Waals surface area (Å²) in [5.74, 6) is 1.24. The molecule has 0 aliphatic carbocycles. The Labute approximate surface area is 141 Å². The average Bonchev–Trinajstić information content (AvgIpc) is 3.02. The minimum Gasteiger partial charge on any atom is -0.497 e. The van der Waals surface area contributed by atoms with Gasteiger partial charge in [-0.25, -0.2) is 4.79 Å². The second-order valence-corrected chi connectivity index (χ2v) is 6.10. The highest BCUT2D eigenvalue weighted by Gasteiger charge is 2.10. The van der Waals surface area contributed by atoms with E-state index < -0.39 is 0 Å². The van der Waals surface area contributed by atoms with Crippen molar-refractivity contribution in [1.29, 1.82) is 0 Å². The molecule has 1 aromatic carbocycles. The van der Waals surface area contributed by atoms with Gasteiger partial charge in [-0.3, -0.25) is 4.40 Å². The van der Waals surface area contributed by atoms with Gasteiger partial charge >= 0.3 is 5.63 Å². The largest absolute Gasteiger partial charge is 0.497 e. The number of methoxy groups -OCH3 is 1. The van der Waals surface area contributed by atoms with E-state index in [4.69, 9.17) is 9.15 Å². The highest BCUT2D eigenvalue weighted by atomic mass is 32.2. The third-order valence-corrected chi connectivity index (χ3v) is 4.67. The van der Waals surface area contributed by atoms with Crippen LogP contribution < -0.4 is 10.4 Å². The Morgan fingerprint density at radius 3 is 3.00 bits per heavy atom. The van der Waals surface area contributed by atoms with E-state index >= 15 is 0 Å². The van der Waals surface area contributed by atoms with E-state index in [1.807, 2.05) is 40.9 Å². The van der Waals surface area contributed by atoms with E-state index in [-0.39, 0.29) is 5.63 Å². The summed E-state index contributed by atoms with van der Waals surface area (Å²) < 4.78 is 12.4. The standard InChI is InChI=1S/C17H13N3O3S/c1-22-12-5-6-13-11(8-16(21)23-14(13)9-12)10-24-17-19-18-15-4-2-3-7-20(15)17/h2-9H,10H2,1H3. The van der Waals surface area contributed by atoms with Crippen LogP contribution in [0.3, 0.4) is 0 Å². The van der Waals surface area contributed by atoms with Crippen molar-refractivity contribution in [2.24, 2.45) is 0 Å². The number of thioether (sulfide) groups is 1. The Kier molecular flexibility index (Phi) is 3.70. The van der Waals surface area contributed by atoms with Gasteiger partial charge in [-0.15, -0.1) is 10.2 Å². The average molecular weight is 339 g/mol. The smallest absolute Gasteiger partial charge is 0.336 e. The summed E-state index contributed by atoms with van der Waals surface area (Å²) in [6.07, 6.45) is 1.92. The molecule has 4 aromatic rings. The zero-order chi connectivity index (χ0) is 16.5. The molecule has 0 bridgehead atoms. The van der Waals surface area contributed by atoms with Crippen LogP contribution in [-0.4, -0.2) is 21.7 Å². The highest BCUT2D eigenvalue weighted by molar-refractivity contribution is 7.98. The number of rotatable bonds is 4. The van der Waals surface area contributed by atoms with Crippen LogP contribution in [0.5, 0.6) is 5.75 Å². The molecule has 0 unspecified atom stereocenters. The van der Waals surface area contributed by atoms with E-state index in [0.717, 1.165) is 21.8 Å². The van der Waals surface area contributed by atoms with E-state index in [9.17, 15) is 4.79 Å². The maximum atomic E-state index is 11.8. The van der Waals surface area contributed by atoms with Crippen molar-refractivity contribution < 1.29 is 9.15 Å². The first-order chi connectivity index (χ1) is 11.7. The number of nitrogens with zero attached hydrogens (tertiary/aromatic N) is 3. The fourth-order valence-electron chi connectivity index (χ4n) is 2.52. The van der Waals surface area contributed by atoms with Crippen molar-refractivity contribution in [3.63, 3.8) is 0 Å². The van der Waals surface area contributed by atoms with E-state index in [0.29, 0.717) is 17.1 Å². The maximum Gasteiger partial charge on any atom is 0.336 e. The molecule has 0 aliphatic heterocycles. The highest BCUT2D eigenvalue weighted by Crippen LogP contribution is 2.27. The summed E-state index contributed by atoms with van der Waals surface area (Å²) in [5.41, 5.74) is 1.82. The monoisotopic (exact) mass is 339 g/mol. The van der Waals surface area contributed by atoms with Gasteiger partial charge < -0.3 is 9.15 Å². The lowest BCUT2D eigenvalue weighted by Gasteiger charge is -2.06. The van der Waals surface area contributed by atoms with Crippen molar-refractivity contribution in [1.82, 2.24) is 14.6 Å². The van der Waals surface area contributed by atoms with Crippen LogP contribution in [-0.2, 0) is 5.75 Å². The first-order valence-corrected chi connectivity index (χ1v) is 8.26. The van der Waals surface area contributed by atoms with E-state index in [1.165, 1.54) is 17.8 Å². The predicted octanol–water partition coefficient (Wildman–Crippen LogP) is 3.14. The van der Waals surface area contributed by atoms with Crippen LogP contribution in [0.15, 0.2) is 63.0 Å². The van der Waals surface area contributed by atoms with Gasteiger partial charge in [0.05, 0.1) is 7.11 Å². The van der Waals surface area contributed by atoms with Crippen LogP contribution in [0.1, 0.15) is 5.56 Å². The summed E-state index contributed by atoms with van der Waals surface area (Å²) in [6, 6.07) is 12.7. The molecule has 7 heteroatoms. The second-order valence-electron chi connectivity index (χ2n) is 5.15. The fourth-order valence-corrected chi connectivity index (χ4v) is 3.43. The molecule has 0 atom stereocenters. The molecule has 4 rings (SSSR count). The Balaban J connectivity index is 1.70. The summed E-state index contributed by atoms with van der Waals surface area (Å²) >= 11 is 1.52. The lowest BCUT2D eigenvalue weighted by molar-refractivity contribution is 0.414. The van der Waals surface area contributed by atoms with Crippen LogP contribution >= 0.6 is 11.8 Å². The fraction of sp³-hybridized carbons (Fsp3) is 0.118. The number of benzene rings is 1. The second kappa shape index (κ2) is 6.01. The molecule has 0 saturated carbocycles. The first-order valence-electron chi connectivity index (χ1n) is 7.28. The Hall–Kier alpha value is -2.80. The van der Waals surface area contributed by atoms with Crippen LogP contribution in [0, 0.1) is 0 Å². The number of fused-ring (bicyclic) bond motifs is 2. The summed E-state index contributed by atoms with van der Waals surface area (Å²) in [5, 5.41) is 9.99. The number of ether oxygens (including phenoxy) is 1. The quantitative estimate of drug-likeness (QED) is 0.420. The topological polar surface area (TPSA) is 69.6 Å². The molecule has 0 radical (unpaired) electrons.